The van der Waals surface area contributed by atoms with E-state index in [0.717, 1.165) is 50.5 Å². The van der Waals surface area contributed by atoms with Crippen molar-refractivity contribution in [1.82, 2.24) is 9.88 Å². The first kappa shape index (κ1) is 15.2. The minimum absolute atomic E-state index is 0.0651. The van der Waals surface area contributed by atoms with Crippen molar-refractivity contribution in [3.63, 3.8) is 0 Å². The molecule has 0 unspecified atom stereocenters. The number of hydrogen-bond donors (Lipinski definition) is 0. The third-order valence-corrected chi connectivity index (χ3v) is 5.24. The Labute approximate surface area is 143 Å². The van der Waals surface area contributed by atoms with Gasteiger partial charge in [0.1, 0.15) is 5.69 Å². The van der Waals surface area contributed by atoms with Crippen LogP contribution in [0.3, 0.4) is 0 Å². The molecule has 3 heterocycles. The number of para-hydroxylation sites is 1. The number of nitrogens with zero attached hydrogens (tertiary/aromatic N) is 3. The van der Waals surface area contributed by atoms with Gasteiger partial charge in [-0.15, -0.1) is 0 Å². The first-order valence-corrected chi connectivity index (χ1v) is 8.83. The molecule has 24 heavy (non-hydrogen) atoms. The molecular weight excluding hydrogens is 298 g/mol. The molecule has 1 amide bonds. The summed E-state index contributed by atoms with van der Waals surface area (Å²) in [6.45, 7) is 4.92. The van der Waals surface area contributed by atoms with Crippen LogP contribution in [-0.4, -0.2) is 35.4 Å². The number of pyridine rings is 1. The van der Waals surface area contributed by atoms with Crippen LogP contribution in [-0.2, 0) is 6.42 Å². The van der Waals surface area contributed by atoms with Gasteiger partial charge in [-0.1, -0.05) is 25.1 Å². The lowest BCUT2D eigenvalue weighted by molar-refractivity contribution is 0.0691. The van der Waals surface area contributed by atoms with Gasteiger partial charge in [-0.25, -0.2) is 4.98 Å². The molecule has 0 spiro atoms. The van der Waals surface area contributed by atoms with Crippen molar-refractivity contribution in [2.75, 3.05) is 24.5 Å². The predicted octanol–water partition coefficient (Wildman–Crippen LogP) is 3.65. The van der Waals surface area contributed by atoms with Gasteiger partial charge in [-0.2, -0.15) is 0 Å². The van der Waals surface area contributed by atoms with Gasteiger partial charge in [0.2, 0.25) is 0 Å². The largest absolute Gasteiger partial charge is 0.340 e. The Morgan fingerprint density at radius 1 is 1.08 bits per heavy atom. The molecule has 1 fully saturated rings. The SMILES string of the molecule is CC1CCN(C(=O)c2ccc(N3CCc4ccccc43)cn2)CC1. The number of likely N-dealkylation sites (tertiary alicyclic amines) is 1. The molecule has 0 radical (unpaired) electrons. The van der Waals surface area contributed by atoms with E-state index >= 15 is 0 Å². The average Bonchev–Trinajstić information content (AvgIpc) is 3.06. The molecule has 1 aromatic carbocycles. The first-order chi connectivity index (χ1) is 11.7. The van der Waals surface area contributed by atoms with Crippen LogP contribution in [0.15, 0.2) is 42.6 Å². The van der Waals surface area contributed by atoms with E-state index in [0.29, 0.717) is 5.69 Å². The molecule has 4 nitrogen and oxygen atoms in total. The second-order valence-electron chi connectivity index (χ2n) is 6.91. The number of rotatable bonds is 2. The van der Waals surface area contributed by atoms with Gasteiger partial charge < -0.3 is 9.80 Å². The molecule has 0 aliphatic carbocycles. The highest BCUT2D eigenvalue weighted by atomic mass is 16.2. The number of hydrogen-bond acceptors (Lipinski definition) is 3. The second kappa shape index (κ2) is 6.27. The highest BCUT2D eigenvalue weighted by Gasteiger charge is 2.23. The zero-order chi connectivity index (χ0) is 16.5. The number of carbonyl (C=O) groups is 1. The fourth-order valence-electron chi connectivity index (χ4n) is 3.65. The van der Waals surface area contributed by atoms with E-state index < -0.39 is 0 Å². The Morgan fingerprint density at radius 2 is 1.88 bits per heavy atom. The summed E-state index contributed by atoms with van der Waals surface area (Å²) >= 11 is 0. The van der Waals surface area contributed by atoms with Crippen LogP contribution in [0.4, 0.5) is 11.4 Å². The maximum Gasteiger partial charge on any atom is 0.272 e. The summed E-state index contributed by atoms with van der Waals surface area (Å²) in [6.07, 6.45) is 5.08. The summed E-state index contributed by atoms with van der Waals surface area (Å²) in [5, 5.41) is 0. The number of fused-ring (bicyclic) bond motifs is 1. The van der Waals surface area contributed by atoms with Crippen LogP contribution in [0.5, 0.6) is 0 Å². The van der Waals surface area contributed by atoms with Crippen LogP contribution in [0.1, 0.15) is 35.8 Å². The van der Waals surface area contributed by atoms with Crippen molar-refractivity contribution in [3.05, 3.63) is 53.9 Å². The van der Waals surface area contributed by atoms with Crippen molar-refractivity contribution < 1.29 is 4.79 Å². The van der Waals surface area contributed by atoms with Crippen molar-refractivity contribution in [1.29, 1.82) is 0 Å². The van der Waals surface area contributed by atoms with Gasteiger partial charge in [0.15, 0.2) is 0 Å². The molecule has 0 atom stereocenters. The van der Waals surface area contributed by atoms with Crippen LogP contribution < -0.4 is 4.90 Å². The Bertz CT molecular complexity index is 733. The van der Waals surface area contributed by atoms with Gasteiger partial charge in [0, 0.05) is 25.3 Å². The molecule has 124 valence electrons. The third-order valence-electron chi connectivity index (χ3n) is 5.24. The van der Waals surface area contributed by atoms with Gasteiger partial charge >= 0.3 is 0 Å². The highest BCUT2D eigenvalue weighted by molar-refractivity contribution is 5.92. The van der Waals surface area contributed by atoms with E-state index in [4.69, 9.17) is 0 Å². The quantitative estimate of drug-likeness (QED) is 0.847. The van der Waals surface area contributed by atoms with Gasteiger partial charge in [-0.05, 0) is 48.9 Å². The zero-order valence-corrected chi connectivity index (χ0v) is 14.1. The highest BCUT2D eigenvalue weighted by Crippen LogP contribution is 2.33. The molecule has 1 saturated heterocycles. The molecule has 0 bridgehead atoms. The standard InChI is InChI=1S/C20H23N3O/c1-15-8-11-22(12-9-15)20(24)18-7-6-17(14-21-18)23-13-10-16-4-2-3-5-19(16)23/h2-7,14-15H,8-13H2,1H3. The molecular formula is C20H23N3O. The van der Waals surface area contributed by atoms with E-state index in [1.165, 1.54) is 11.3 Å². The molecule has 2 aromatic rings. The number of carbonyl (C=O) groups excluding carboxylic acids is 1. The maximum atomic E-state index is 12.6. The number of amides is 1. The van der Waals surface area contributed by atoms with Gasteiger partial charge in [0.25, 0.3) is 5.91 Å². The molecule has 0 N–H and O–H groups in total. The summed E-state index contributed by atoms with van der Waals surface area (Å²) in [5.74, 6) is 0.787. The third kappa shape index (κ3) is 2.77. The Balaban J connectivity index is 1.50. The van der Waals surface area contributed by atoms with Crippen LogP contribution in [0.2, 0.25) is 0 Å². The summed E-state index contributed by atoms with van der Waals surface area (Å²) in [5.41, 5.74) is 4.24. The zero-order valence-electron chi connectivity index (χ0n) is 14.1. The Hall–Kier alpha value is -2.36. The van der Waals surface area contributed by atoms with E-state index in [2.05, 4.69) is 41.1 Å². The summed E-state index contributed by atoms with van der Waals surface area (Å²) in [6, 6.07) is 12.4. The number of anilines is 2. The van der Waals surface area contributed by atoms with Gasteiger partial charge in [-0.3, -0.25) is 4.79 Å². The fraction of sp³-hybridized carbons (Fsp3) is 0.400. The first-order valence-electron chi connectivity index (χ1n) is 8.83. The lowest BCUT2D eigenvalue weighted by Gasteiger charge is -2.30. The van der Waals surface area contributed by atoms with Crippen LogP contribution in [0.25, 0.3) is 0 Å². The molecule has 2 aliphatic heterocycles. The summed E-state index contributed by atoms with van der Waals surface area (Å²) in [7, 11) is 0. The van der Waals surface area contributed by atoms with E-state index in [-0.39, 0.29) is 5.91 Å². The van der Waals surface area contributed by atoms with Crippen LogP contribution in [0, 0.1) is 5.92 Å². The van der Waals surface area contributed by atoms with E-state index in [1.54, 1.807) is 0 Å². The van der Waals surface area contributed by atoms with E-state index in [1.807, 2.05) is 23.2 Å². The monoisotopic (exact) mass is 321 g/mol. The number of benzene rings is 1. The van der Waals surface area contributed by atoms with Gasteiger partial charge in [0.05, 0.1) is 11.9 Å². The fourth-order valence-corrected chi connectivity index (χ4v) is 3.65. The maximum absolute atomic E-state index is 12.6. The Kier molecular flexibility index (Phi) is 3.97. The minimum Gasteiger partial charge on any atom is -0.340 e. The smallest absolute Gasteiger partial charge is 0.272 e. The van der Waals surface area contributed by atoms with Crippen molar-refractivity contribution in [2.45, 2.75) is 26.2 Å². The number of aromatic nitrogens is 1. The minimum atomic E-state index is 0.0651. The molecule has 4 heteroatoms. The van der Waals surface area contributed by atoms with Crippen molar-refractivity contribution in [2.24, 2.45) is 5.92 Å². The number of piperidine rings is 1. The molecule has 2 aliphatic rings. The molecule has 4 rings (SSSR count). The summed E-state index contributed by atoms with van der Waals surface area (Å²) in [4.78, 5) is 21.3. The van der Waals surface area contributed by atoms with Crippen molar-refractivity contribution in [3.8, 4) is 0 Å². The molecule has 0 saturated carbocycles. The normalized spacial score (nSPS) is 17.9. The lowest BCUT2D eigenvalue weighted by atomic mass is 9.99. The average molecular weight is 321 g/mol. The lowest BCUT2D eigenvalue weighted by Crippen LogP contribution is -2.38. The Morgan fingerprint density at radius 3 is 2.62 bits per heavy atom. The van der Waals surface area contributed by atoms with Crippen molar-refractivity contribution >= 4 is 17.3 Å². The van der Waals surface area contributed by atoms with Crippen LogP contribution >= 0.6 is 0 Å². The second-order valence-corrected chi connectivity index (χ2v) is 6.91. The topological polar surface area (TPSA) is 36.4 Å². The van der Waals surface area contributed by atoms with E-state index in [9.17, 15) is 4.79 Å². The predicted molar refractivity (Wildman–Crippen MR) is 95.7 cm³/mol. The summed E-state index contributed by atoms with van der Waals surface area (Å²) < 4.78 is 0. The molecule has 1 aromatic heterocycles.